The predicted molar refractivity (Wildman–Crippen MR) is 134 cm³/mol. The average molecular weight is 439 g/mol. The predicted octanol–water partition coefficient (Wildman–Crippen LogP) is 4.70. The Bertz CT molecular complexity index is 1180. The molecule has 0 bridgehead atoms. The monoisotopic (exact) mass is 438 g/mol. The third kappa shape index (κ3) is 4.00. The molecule has 0 radical (unpaired) electrons. The fraction of sp³-hybridized carbons (Fsp3) is 0.370. The Balaban J connectivity index is 1.36. The smallest absolute Gasteiger partial charge is 0.154 e. The fourth-order valence-electron chi connectivity index (χ4n) is 5.44. The van der Waals surface area contributed by atoms with Crippen molar-refractivity contribution in [3.63, 3.8) is 0 Å². The van der Waals surface area contributed by atoms with Gasteiger partial charge in [-0.1, -0.05) is 42.5 Å². The van der Waals surface area contributed by atoms with Crippen LogP contribution >= 0.6 is 0 Å². The standard InChI is InChI=1S/C27H30N6/c1-2-7-21(8-3-1)26-27(22-9-6-15-28-16-12-22)33-24(29-26)10-11-25(30-33)32-19-13-23(14-20-32)31-17-4-5-18-31/h1-3,6-12,15-16,22-23H,4-5,13-14,17-20H2. The highest BCUT2D eigenvalue weighted by molar-refractivity contribution is 5.74. The molecule has 2 aromatic heterocycles. The maximum absolute atomic E-state index is 5.13. The van der Waals surface area contributed by atoms with E-state index in [0.717, 1.165) is 47.5 Å². The minimum atomic E-state index is 0.0568. The largest absolute Gasteiger partial charge is 0.355 e. The number of piperidine rings is 1. The zero-order chi connectivity index (χ0) is 22.0. The van der Waals surface area contributed by atoms with Gasteiger partial charge in [0.25, 0.3) is 0 Å². The van der Waals surface area contributed by atoms with Gasteiger partial charge in [-0.25, -0.2) is 9.50 Å². The molecule has 0 saturated carbocycles. The van der Waals surface area contributed by atoms with E-state index in [2.05, 4.69) is 67.9 Å². The molecule has 0 spiro atoms. The molecule has 1 aromatic carbocycles. The van der Waals surface area contributed by atoms with E-state index in [1.54, 1.807) is 0 Å². The van der Waals surface area contributed by atoms with Crippen molar-refractivity contribution in [2.24, 2.45) is 4.99 Å². The van der Waals surface area contributed by atoms with Gasteiger partial charge in [-0.15, -0.1) is 5.10 Å². The Morgan fingerprint density at radius 2 is 1.67 bits per heavy atom. The van der Waals surface area contributed by atoms with E-state index in [1.807, 2.05) is 24.6 Å². The molecule has 5 heterocycles. The van der Waals surface area contributed by atoms with E-state index < -0.39 is 0 Å². The van der Waals surface area contributed by atoms with Gasteiger partial charge in [0.05, 0.1) is 11.4 Å². The summed E-state index contributed by atoms with van der Waals surface area (Å²) in [7, 11) is 0. The van der Waals surface area contributed by atoms with Crippen LogP contribution in [0.15, 0.2) is 71.9 Å². The topological polar surface area (TPSA) is 49.0 Å². The first-order valence-corrected chi connectivity index (χ1v) is 12.2. The van der Waals surface area contributed by atoms with E-state index >= 15 is 0 Å². The van der Waals surface area contributed by atoms with Crippen molar-refractivity contribution in [3.8, 4) is 11.3 Å². The van der Waals surface area contributed by atoms with E-state index in [-0.39, 0.29) is 5.92 Å². The van der Waals surface area contributed by atoms with Gasteiger partial charge in [-0.2, -0.15) is 0 Å². The van der Waals surface area contributed by atoms with Crippen molar-refractivity contribution in [1.82, 2.24) is 19.5 Å². The highest BCUT2D eigenvalue weighted by Gasteiger charge is 2.28. The lowest BCUT2D eigenvalue weighted by molar-refractivity contribution is 0.207. The zero-order valence-corrected chi connectivity index (χ0v) is 18.9. The van der Waals surface area contributed by atoms with Crippen LogP contribution in [0.2, 0.25) is 0 Å². The van der Waals surface area contributed by atoms with Crippen LogP contribution in [0.5, 0.6) is 0 Å². The van der Waals surface area contributed by atoms with Crippen LogP contribution in [-0.4, -0.2) is 57.9 Å². The molecular weight excluding hydrogens is 408 g/mol. The van der Waals surface area contributed by atoms with Crippen LogP contribution in [0.1, 0.15) is 37.3 Å². The molecule has 1 unspecified atom stereocenters. The minimum absolute atomic E-state index is 0.0568. The number of imidazole rings is 1. The number of aromatic nitrogens is 3. The summed E-state index contributed by atoms with van der Waals surface area (Å²) >= 11 is 0. The minimum Gasteiger partial charge on any atom is -0.355 e. The van der Waals surface area contributed by atoms with Gasteiger partial charge in [0.1, 0.15) is 5.82 Å². The van der Waals surface area contributed by atoms with Gasteiger partial charge in [0.15, 0.2) is 5.65 Å². The van der Waals surface area contributed by atoms with Crippen molar-refractivity contribution in [1.29, 1.82) is 0 Å². The molecule has 0 aliphatic carbocycles. The molecule has 6 rings (SSSR count). The van der Waals surface area contributed by atoms with Gasteiger partial charge < -0.3 is 9.80 Å². The lowest BCUT2D eigenvalue weighted by atomic mass is 9.99. The first-order valence-electron chi connectivity index (χ1n) is 12.2. The second kappa shape index (κ2) is 8.94. The fourth-order valence-corrected chi connectivity index (χ4v) is 5.44. The van der Waals surface area contributed by atoms with Gasteiger partial charge >= 0.3 is 0 Å². The SMILES string of the molecule is C1=CC(c2c(-c3ccccc3)nc3ccc(N4CCC(N5CCCC5)CC4)nn23)C=CN=C1. The molecule has 0 amide bonds. The number of hydrogen-bond acceptors (Lipinski definition) is 5. The molecule has 0 N–H and O–H groups in total. The number of hydrogen-bond donors (Lipinski definition) is 0. The van der Waals surface area contributed by atoms with E-state index in [9.17, 15) is 0 Å². The number of allylic oxidation sites excluding steroid dienone is 3. The van der Waals surface area contributed by atoms with Crippen molar-refractivity contribution in [2.75, 3.05) is 31.1 Å². The Kier molecular flexibility index (Phi) is 5.52. The normalized spacial score (nSPS) is 21.8. The lowest BCUT2D eigenvalue weighted by Gasteiger charge is -2.37. The third-order valence-electron chi connectivity index (χ3n) is 7.18. The zero-order valence-electron chi connectivity index (χ0n) is 18.9. The summed E-state index contributed by atoms with van der Waals surface area (Å²) in [6, 6.07) is 15.4. The van der Waals surface area contributed by atoms with Gasteiger partial charge in [-0.05, 0) is 57.0 Å². The van der Waals surface area contributed by atoms with Crippen molar-refractivity contribution in [2.45, 2.75) is 37.6 Å². The number of nitrogens with zero attached hydrogens (tertiary/aromatic N) is 6. The van der Waals surface area contributed by atoms with Gasteiger partial charge in [-0.3, -0.25) is 4.99 Å². The maximum Gasteiger partial charge on any atom is 0.154 e. The second-order valence-corrected chi connectivity index (χ2v) is 9.18. The molecule has 3 aliphatic heterocycles. The molecule has 6 heteroatoms. The molecule has 33 heavy (non-hydrogen) atoms. The number of benzene rings is 1. The number of rotatable bonds is 4. The maximum atomic E-state index is 5.13. The lowest BCUT2D eigenvalue weighted by Crippen LogP contribution is -2.44. The molecule has 3 aliphatic rings. The van der Waals surface area contributed by atoms with Crippen molar-refractivity contribution >= 4 is 17.7 Å². The Morgan fingerprint density at radius 3 is 2.48 bits per heavy atom. The van der Waals surface area contributed by atoms with Crippen molar-refractivity contribution in [3.05, 3.63) is 72.6 Å². The second-order valence-electron chi connectivity index (χ2n) is 9.18. The van der Waals surface area contributed by atoms with Crippen LogP contribution in [0, 0.1) is 0 Å². The van der Waals surface area contributed by atoms with E-state index in [0.29, 0.717) is 0 Å². The number of aliphatic imine (C=N–C) groups is 1. The third-order valence-corrected chi connectivity index (χ3v) is 7.18. The summed E-state index contributed by atoms with van der Waals surface area (Å²) in [5.74, 6) is 1.10. The number of anilines is 1. The Hall–Kier alpha value is -3.25. The molecular formula is C27H30N6. The van der Waals surface area contributed by atoms with Crippen LogP contribution in [-0.2, 0) is 0 Å². The molecule has 2 fully saturated rings. The Morgan fingerprint density at radius 1 is 0.848 bits per heavy atom. The molecule has 6 nitrogen and oxygen atoms in total. The first kappa shape index (κ1) is 20.4. The summed E-state index contributed by atoms with van der Waals surface area (Å²) in [5.41, 5.74) is 4.06. The van der Waals surface area contributed by atoms with Crippen LogP contribution in [0.25, 0.3) is 16.9 Å². The van der Waals surface area contributed by atoms with Crippen LogP contribution in [0.4, 0.5) is 5.82 Å². The van der Waals surface area contributed by atoms with Crippen LogP contribution < -0.4 is 4.90 Å². The molecule has 3 aromatic rings. The Labute approximate surface area is 195 Å². The number of fused-ring (bicyclic) bond motifs is 1. The summed E-state index contributed by atoms with van der Waals surface area (Å²) in [6.07, 6.45) is 15.1. The van der Waals surface area contributed by atoms with E-state index in [4.69, 9.17) is 10.1 Å². The van der Waals surface area contributed by atoms with Gasteiger partial charge in [0, 0.05) is 43.0 Å². The summed E-state index contributed by atoms with van der Waals surface area (Å²) in [5, 5.41) is 5.13. The quantitative estimate of drug-likeness (QED) is 0.593. The van der Waals surface area contributed by atoms with Crippen LogP contribution in [0.3, 0.4) is 0 Å². The summed E-state index contributed by atoms with van der Waals surface area (Å²) in [6.45, 7) is 4.68. The van der Waals surface area contributed by atoms with Crippen molar-refractivity contribution < 1.29 is 0 Å². The van der Waals surface area contributed by atoms with E-state index in [1.165, 1.54) is 38.8 Å². The highest BCUT2D eigenvalue weighted by Crippen LogP contribution is 2.33. The average Bonchev–Trinajstić information content (AvgIpc) is 3.46. The summed E-state index contributed by atoms with van der Waals surface area (Å²) in [4.78, 5) is 14.4. The molecule has 2 saturated heterocycles. The van der Waals surface area contributed by atoms with Gasteiger partial charge in [0.2, 0.25) is 0 Å². The highest BCUT2D eigenvalue weighted by atomic mass is 15.3. The number of likely N-dealkylation sites (tertiary alicyclic amines) is 1. The molecule has 1 atom stereocenters. The summed E-state index contributed by atoms with van der Waals surface area (Å²) < 4.78 is 2.05. The molecule has 168 valence electrons. The first-order chi connectivity index (χ1) is 16.4.